The SMILES string of the molecule is CCN(CCNCc1cccs1)Cc1cccs1. The maximum atomic E-state index is 3.50. The third kappa shape index (κ3) is 4.53. The van der Waals surface area contributed by atoms with Gasteiger partial charge in [0.15, 0.2) is 0 Å². The molecule has 2 nitrogen and oxygen atoms in total. The molecule has 2 heterocycles. The second-order valence-electron chi connectivity index (χ2n) is 4.20. The van der Waals surface area contributed by atoms with Gasteiger partial charge in [-0.1, -0.05) is 19.1 Å². The van der Waals surface area contributed by atoms with Crippen molar-refractivity contribution in [3.05, 3.63) is 44.8 Å². The monoisotopic (exact) mass is 280 g/mol. The van der Waals surface area contributed by atoms with Crippen molar-refractivity contribution in [2.75, 3.05) is 19.6 Å². The van der Waals surface area contributed by atoms with Crippen LogP contribution in [0.4, 0.5) is 0 Å². The summed E-state index contributed by atoms with van der Waals surface area (Å²) in [4.78, 5) is 5.35. The summed E-state index contributed by atoms with van der Waals surface area (Å²) in [6.07, 6.45) is 0. The fourth-order valence-corrected chi connectivity index (χ4v) is 3.25. The van der Waals surface area contributed by atoms with E-state index >= 15 is 0 Å². The lowest BCUT2D eigenvalue weighted by Gasteiger charge is -2.19. The van der Waals surface area contributed by atoms with Crippen LogP contribution in [-0.2, 0) is 13.1 Å². The highest BCUT2D eigenvalue weighted by Gasteiger charge is 2.03. The average molecular weight is 280 g/mol. The molecule has 0 spiro atoms. The van der Waals surface area contributed by atoms with Gasteiger partial charge in [0.2, 0.25) is 0 Å². The van der Waals surface area contributed by atoms with Crippen LogP contribution in [0.2, 0.25) is 0 Å². The molecule has 0 aromatic carbocycles. The molecule has 0 saturated heterocycles. The molecule has 0 amide bonds. The van der Waals surface area contributed by atoms with Crippen LogP contribution in [0.1, 0.15) is 16.7 Å². The Bertz CT molecular complexity index is 409. The molecule has 2 aromatic heterocycles. The second kappa shape index (κ2) is 7.69. The summed E-state index contributed by atoms with van der Waals surface area (Å²) < 4.78 is 0. The lowest BCUT2D eigenvalue weighted by molar-refractivity contribution is 0.281. The smallest absolute Gasteiger partial charge is 0.0328 e. The molecular formula is C14H20N2S2. The van der Waals surface area contributed by atoms with E-state index in [2.05, 4.69) is 52.2 Å². The second-order valence-corrected chi connectivity index (χ2v) is 6.27. The Balaban J connectivity index is 1.64. The molecule has 18 heavy (non-hydrogen) atoms. The van der Waals surface area contributed by atoms with Crippen molar-refractivity contribution < 1.29 is 0 Å². The van der Waals surface area contributed by atoms with Gasteiger partial charge >= 0.3 is 0 Å². The summed E-state index contributed by atoms with van der Waals surface area (Å²) in [6, 6.07) is 8.63. The largest absolute Gasteiger partial charge is 0.311 e. The molecule has 0 atom stereocenters. The van der Waals surface area contributed by atoms with Crippen molar-refractivity contribution in [3.63, 3.8) is 0 Å². The predicted octanol–water partition coefficient (Wildman–Crippen LogP) is 3.42. The van der Waals surface area contributed by atoms with E-state index in [4.69, 9.17) is 0 Å². The lowest BCUT2D eigenvalue weighted by Crippen LogP contribution is -2.31. The van der Waals surface area contributed by atoms with Crippen LogP contribution in [-0.4, -0.2) is 24.5 Å². The topological polar surface area (TPSA) is 15.3 Å². The molecule has 4 heteroatoms. The van der Waals surface area contributed by atoms with Crippen LogP contribution in [0.3, 0.4) is 0 Å². The number of rotatable bonds is 8. The number of nitrogens with one attached hydrogen (secondary N) is 1. The minimum atomic E-state index is 0.994. The van der Waals surface area contributed by atoms with Crippen LogP contribution in [0.15, 0.2) is 35.0 Å². The Labute approximate surface area is 117 Å². The van der Waals surface area contributed by atoms with Crippen LogP contribution in [0, 0.1) is 0 Å². The Morgan fingerprint density at radius 2 is 1.83 bits per heavy atom. The fraction of sp³-hybridized carbons (Fsp3) is 0.429. The summed E-state index contributed by atoms with van der Waals surface area (Å²) in [6.45, 7) is 7.57. The molecule has 98 valence electrons. The van der Waals surface area contributed by atoms with Crippen LogP contribution < -0.4 is 5.32 Å². The molecule has 0 aliphatic rings. The standard InChI is InChI=1S/C14H20N2S2/c1-2-16(12-14-6-4-10-18-14)8-7-15-11-13-5-3-9-17-13/h3-6,9-10,15H,2,7-8,11-12H2,1H3. The van der Waals surface area contributed by atoms with Crippen molar-refractivity contribution in [1.82, 2.24) is 10.2 Å². The van der Waals surface area contributed by atoms with E-state index in [0.29, 0.717) is 0 Å². The zero-order chi connectivity index (χ0) is 12.6. The summed E-state index contributed by atoms with van der Waals surface area (Å²) >= 11 is 3.66. The van der Waals surface area contributed by atoms with Gasteiger partial charge in [0.25, 0.3) is 0 Å². The number of nitrogens with zero attached hydrogens (tertiary/aromatic N) is 1. The first-order valence-corrected chi connectivity index (χ1v) is 8.12. The Kier molecular flexibility index (Phi) is 5.87. The van der Waals surface area contributed by atoms with E-state index in [1.807, 2.05) is 22.7 Å². The van der Waals surface area contributed by atoms with E-state index in [0.717, 1.165) is 32.7 Å². The van der Waals surface area contributed by atoms with Crippen molar-refractivity contribution in [2.45, 2.75) is 20.0 Å². The van der Waals surface area contributed by atoms with Crippen LogP contribution in [0.25, 0.3) is 0 Å². The molecule has 0 bridgehead atoms. The highest BCUT2D eigenvalue weighted by molar-refractivity contribution is 7.10. The number of likely N-dealkylation sites (N-methyl/N-ethyl adjacent to an activating group) is 1. The maximum Gasteiger partial charge on any atom is 0.0328 e. The van der Waals surface area contributed by atoms with Gasteiger partial charge in [-0.2, -0.15) is 0 Å². The van der Waals surface area contributed by atoms with E-state index < -0.39 is 0 Å². The molecule has 0 saturated carbocycles. The number of hydrogen-bond acceptors (Lipinski definition) is 4. The quantitative estimate of drug-likeness (QED) is 0.745. The Hall–Kier alpha value is -0.680. The normalized spacial score (nSPS) is 11.2. The molecule has 0 fully saturated rings. The van der Waals surface area contributed by atoms with Crippen LogP contribution >= 0.6 is 22.7 Å². The first kappa shape index (κ1) is 13.7. The highest BCUT2D eigenvalue weighted by atomic mass is 32.1. The summed E-state index contributed by atoms with van der Waals surface area (Å²) in [7, 11) is 0. The van der Waals surface area contributed by atoms with Crippen molar-refractivity contribution in [2.24, 2.45) is 0 Å². The highest BCUT2D eigenvalue weighted by Crippen LogP contribution is 2.11. The predicted molar refractivity (Wildman–Crippen MR) is 81.3 cm³/mol. The Morgan fingerprint density at radius 3 is 2.44 bits per heavy atom. The average Bonchev–Trinajstić information content (AvgIpc) is 3.06. The molecule has 1 N–H and O–H groups in total. The summed E-state index contributed by atoms with van der Waals surface area (Å²) in [5.41, 5.74) is 0. The lowest BCUT2D eigenvalue weighted by atomic mass is 10.4. The maximum absolute atomic E-state index is 3.50. The molecule has 0 radical (unpaired) electrons. The van der Waals surface area contributed by atoms with Gasteiger partial charge in [-0.3, -0.25) is 4.90 Å². The van der Waals surface area contributed by atoms with Gasteiger partial charge < -0.3 is 5.32 Å². The van der Waals surface area contributed by atoms with Gasteiger partial charge in [0.1, 0.15) is 0 Å². The van der Waals surface area contributed by atoms with Gasteiger partial charge in [-0.05, 0) is 29.4 Å². The molecule has 0 unspecified atom stereocenters. The van der Waals surface area contributed by atoms with Gasteiger partial charge in [-0.15, -0.1) is 22.7 Å². The van der Waals surface area contributed by atoms with Crippen molar-refractivity contribution in [3.8, 4) is 0 Å². The molecule has 2 rings (SSSR count). The zero-order valence-electron chi connectivity index (χ0n) is 10.8. The van der Waals surface area contributed by atoms with Gasteiger partial charge in [0, 0.05) is 35.9 Å². The van der Waals surface area contributed by atoms with Crippen LogP contribution in [0.5, 0.6) is 0 Å². The van der Waals surface area contributed by atoms with E-state index in [9.17, 15) is 0 Å². The molecule has 0 aliphatic carbocycles. The third-order valence-electron chi connectivity index (χ3n) is 2.89. The zero-order valence-corrected chi connectivity index (χ0v) is 12.4. The third-order valence-corrected chi connectivity index (χ3v) is 4.63. The van der Waals surface area contributed by atoms with Gasteiger partial charge in [0.05, 0.1) is 0 Å². The molecule has 2 aromatic rings. The summed E-state index contributed by atoms with van der Waals surface area (Å²) in [5.74, 6) is 0. The molecule has 0 aliphatic heterocycles. The first-order valence-electron chi connectivity index (χ1n) is 6.36. The Morgan fingerprint density at radius 1 is 1.11 bits per heavy atom. The fourth-order valence-electron chi connectivity index (χ4n) is 1.83. The van der Waals surface area contributed by atoms with Crippen molar-refractivity contribution >= 4 is 22.7 Å². The van der Waals surface area contributed by atoms with E-state index in [-0.39, 0.29) is 0 Å². The summed E-state index contributed by atoms with van der Waals surface area (Å²) in [5, 5.41) is 7.79. The first-order chi connectivity index (χ1) is 8.88. The van der Waals surface area contributed by atoms with Crippen molar-refractivity contribution in [1.29, 1.82) is 0 Å². The number of thiophene rings is 2. The van der Waals surface area contributed by atoms with E-state index in [1.165, 1.54) is 9.75 Å². The van der Waals surface area contributed by atoms with Gasteiger partial charge in [-0.25, -0.2) is 0 Å². The number of hydrogen-bond donors (Lipinski definition) is 1. The molecular weight excluding hydrogens is 260 g/mol. The minimum Gasteiger partial charge on any atom is -0.311 e. The van der Waals surface area contributed by atoms with E-state index in [1.54, 1.807) is 0 Å². The minimum absolute atomic E-state index is 0.994.